The minimum atomic E-state index is -0.330. The summed E-state index contributed by atoms with van der Waals surface area (Å²) in [5, 5.41) is 5.09. The van der Waals surface area contributed by atoms with Crippen LogP contribution in [0.1, 0.15) is 21.5 Å². The molecular weight excluding hydrogens is 385 g/mol. The van der Waals surface area contributed by atoms with Gasteiger partial charge >= 0.3 is 0 Å². The van der Waals surface area contributed by atoms with Crippen molar-refractivity contribution in [1.29, 1.82) is 0 Å². The molecule has 1 amide bonds. The van der Waals surface area contributed by atoms with E-state index < -0.39 is 0 Å². The molecule has 2 aromatic carbocycles. The summed E-state index contributed by atoms with van der Waals surface area (Å²) in [7, 11) is 0. The number of hydrazone groups is 1. The number of hydrogen-bond donors (Lipinski definition) is 1. The fourth-order valence-electron chi connectivity index (χ4n) is 2.21. The van der Waals surface area contributed by atoms with Crippen LogP contribution in [0.3, 0.4) is 0 Å². The van der Waals surface area contributed by atoms with Crippen LogP contribution >= 0.6 is 23.2 Å². The average Bonchev–Trinajstić information content (AvgIpc) is 2.68. The van der Waals surface area contributed by atoms with E-state index in [1.807, 2.05) is 30.3 Å². The number of carbonyl (C=O) groups is 1. The molecule has 5 nitrogen and oxygen atoms in total. The van der Waals surface area contributed by atoms with Crippen molar-refractivity contribution < 1.29 is 9.53 Å². The Morgan fingerprint density at radius 2 is 2.04 bits per heavy atom. The summed E-state index contributed by atoms with van der Waals surface area (Å²) in [4.78, 5) is 15.8. The van der Waals surface area contributed by atoms with Crippen molar-refractivity contribution in [3.8, 4) is 5.75 Å². The number of nitrogens with one attached hydrogen (secondary N) is 1. The Kier molecular flexibility index (Phi) is 6.41. The first-order valence-electron chi connectivity index (χ1n) is 8.02. The lowest BCUT2D eigenvalue weighted by Crippen LogP contribution is -2.17. The molecule has 3 aromatic rings. The van der Waals surface area contributed by atoms with Gasteiger partial charge in [-0.2, -0.15) is 5.10 Å². The molecule has 0 aliphatic rings. The van der Waals surface area contributed by atoms with Crippen LogP contribution in [0.15, 0.2) is 72.1 Å². The van der Waals surface area contributed by atoms with Crippen LogP contribution in [0.25, 0.3) is 0 Å². The van der Waals surface area contributed by atoms with Gasteiger partial charge in [0.2, 0.25) is 0 Å². The SMILES string of the molecule is O=C(N/N=C/c1cccc(OCc2ccc(Cl)cc2Cl)c1)c1cccnc1. The number of pyridine rings is 1. The maximum Gasteiger partial charge on any atom is 0.272 e. The second-order valence-corrected chi connectivity index (χ2v) is 6.38. The van der Waals surface area contributed by atoms with E-state index in [1.165, 1.54) is 12.4 Å². The largest absolute Gasteiger partial charge is 0.489 e. The zero-order valence-corrected chi connectivity index (χ0v) is 15.6. The van der Waals surface area contributed by atoms with Crippen molar-refractivity contribution in [2.45, 2.75) is 6.61 Å². The van der Waals surface area contributed by atoms with Crippen molar-refractivity contribution in [2.75, 3.05) is 0 Å². The number of nitrogens with zero attached hydrogens (tertiary/aromatic N) is 2. The number of halogens is 2. The molecule has 3 rings (SSSR count). The first kappa shape index (κ1) is 18.9. The van der Waals surface area contributed by atoms with Crippen LogP contribution in [-0.2, 0) is 6.61 Å². The van der Waals surface area contributed by atoms with Crippen LogP contribution in [0, 0.1) is 0 Å². The van der Waals surface area contributed by atoms with Crippen molar-refractivity contribution in [3.05, 3.63) is 93.7 Å². The highest BCUT2D eigenvalue weighted by atomic mass is 35.5. The van der Waals surface area contributed by atoms with E-state index in [-0.39, 0.29) is 5.91 Å². The van der Waals surface area contributed by atoms with Gasteiger partial charge in [-0.25, -0.2) is 5.43 Å². The number of carbonyl (C=O) groups excluding carboxylic acids is 1. The summed E-state index contributed by atoms with van der Waals surface area (Å²) in [5.41, 5.74) is 4.51. The van der Waals surface area contributed by atoms with Crippen molar-refractivity contribution in [1.82, 2.24) is 10.4 Å². The molecule has 1 N–H and O–H groups in total. The van der Waals surface area contributed by atoms with Crippen LogP contribution in [0.2, 0.25) is 10.0 Å². The topological polar surface area (TPSA) is 63.6 Å². The highest BCUT2D eigenvalue weighted by molar-refractivity contribution is 6.35. The summed E-state index contributed by atoms with van der Waals surface area (Å²) in [6, 6.07) is 15.9. The third-order valence-corrected chi connectivity index (χ3v) is 4.16. The number of rotatable bonds is 6. The molecule has 1 heterocycles. The van der Waals surface area contributed by atoms with Gasteiger partial charge < -0.3 is 4.74 Å². The summed E-state index contributed by atoms with van der Waals surface area (Å²) < 4.78 is 5.77. The van der Waals surface area contributed by atoms with Gasteiger partial charge in [-0.1, -0.05) is 41.4 Å². The zero-order chi connectivity index (χ0) is 19.1. The van der Waals surface area contributed by atoms with Crippen molar-refractivity contribution in [3.63, 3.8) is 0 Å². The first-order valence-corrected chi connectivity index (χ1v) is 8.77. The predicted octanol–water partition coefficient (Wildman–Crippen LogP) is 4.73. The molecule has 0 saturated carbocycles. The van der Waals surface area contributed by atoms with E-state index in [0.29, 0.717) is 28.0 Å². The van der Waals surface area contributed by atoms with E-state index in [2.05, 4.69) is 15.5 Å². The first-order chi connectivity index (χ1) is 13.1. The van der Waals surface area contributed by atoms with Gasteiger partial charge in [0, 0.05) is 28.0 Å². The molecule has 27 heavy (non-hydrogen) atoms. The van der Waals surface area contributed by atoms with Crippen LogP contribution in [-0.4, -0.2) is 17.1 Å². The zero-order valence-electron chi connectivity index (χ0n) is 14.1. The second-order valence-electron chi connectivity index (χ2n) is 5.54. The molecule has 0 spiro atoms. The van der Waals surface area contributed by atoms with Crippen LogP contribution in [0.5, 0.6) is 5.75 Å². The number of aromatic nitrogens is 1. The molecule has 0 unspecified atom stereocenters. The van der Waals surface area contributed by atoms with Gasteiger partial charge in [0.15, 0.2) is 0 Å². The van der Waals surface area contributed by atoms with E-state index in [0.717, 1.165) is 11.1 Å². The molecule has 136 valence electrons. The van der Waals surface area contributed by atoms with E-state index >= 15 is 0 Å². The molecule has 7 heteroatoms. The molecule has 0 saturated heterocycles. The number of hydrogen-bond acceptors (Lipinski definition) is 4. The fraction of sp³-hybridized carbons (Fsp3) is 0.0500. The van der Waals surface area contributed by atoms with Crippen LogP contribution in [0.4, 0.5) is 0 Å². The number of benzene rings is 2. The maximum atomic E-state index is 11.9. The second kappa shape index (κ2) is 9.16. The normalized spacial score (nSPS) is 10.7. The Bertz CT molecular complexity index is 962. The van der Waals surface area contributed by atoms with Crippen LogP contribution < -0.4 is 10.2 Å². The lowest BCUT2D eigenvalue weighted by Gasteiger charge is -2.08. The summed E-state index contributed by atoms with van der Waals surface area (Å²) in [6.45, 7) is 0.314. The van der Waals surface area contributed by atoms with E-state index in [1.54, 1.807) is 30.5 Å². The Labute approximate surface area is 166 Å². The molecule has 0 radical (unpaired) electrons. The third-order valence-electron chi connectivity index (χ3n) is 3.57. The fourth-order valence-corrected chi connectivity index (χ4v) is 2.67. The lowest BCUT2D eigenvalue weighted by molar-refractivity contribution is 0.0955. The maximum absolute atomic E-state index is 11.9. The smallest absolute Gasteiger partial charge is 0.272 e. The van der Waals surface area contributed by atoms with Gasteiger partial charge in [-0.3, -0.25) is 9.78 Å². The molecular formula is C20H15Cl2N3O2. The van der Waals surface area contributed by atoms with Gasteiger partial charge in [0.25, 0.3) is 5.91 Å². The van der Waals surface area contributed by atoms with Gasteiger partial charge in [-0.05, 0) is 42.0 Å². The highest BCUT2D eigenvalue weighted by Crippen LogP contribution is 2.23. The Hall–Kier alpha value is -2.89. The van der Waals surface area contributed by atoms with E-state index in [9.17, 15) is 4.79 Å². The quantitative estimate of drug-likeness (QED) is 0.481. The minimum absolute atomic E-state index is 0.314. The van der Waals surface area contributed by atoms with Gasteiger partial charge in [0.05, 0.1) is 11.8 Å². The van der Waals surface area contributed by atoms with E-state index in [4.69, 9.17) is 27.9 Å². The monoisotopic (exact) mass is 399 g/mol. The predicted molar refractivity (Wildman–Crippen MR) is 107 cm³/mol. The number of amides is 1. The van der Waals surface area contributed by atoms with Gasteiger partial charge in [-0.15, -0.1) is 0 Å². The molecule has 0 atom stereocenters. The van der Waals surface area contributed by atoms with Crippen molar-refractivity contribution >= 4 is 35.3 Å². The Balaban J connectivity index is 1.59. The molecule has 0 aliphatic heterocycles. The third kappa shape index (κ3) is 5.54. The van der Waals surface area contributed by atoms with Crippen molar-refractivity contribution in [2.24, 2.45) is 5.10 Å². The summed E-state index contributed by atoms with van der Waals surface area (Å²) in [6.07, 6.45) is 4.61. The summed E-state index contributed by atoms with van der Waals surface area (Å²) >= 11 is 12.0. The number of ether oxygens (including phenoxy) is 1. The lowest BCUT2D eigenvalue weighted by atomic mass is 10.2. The molecule has 1 aromatic heterocycles. The molecule has 0 aliphatic carbocycles. The Morgan fingerprint density at radius 1 is 1.15 bits per heavy atom. The average molecular weight is 400 g/mol. The highest BCUT2D eigenvalue weighted by Gasteiger charge is 2.04. The minimum Gasteiger partial charge on any atom is -0.489 e. The molecule has 0 fully saturated rings. The standard InChI is InChI=1S/C20H15Cl2N3O2/c21-17-7-6-16(19(22)10-17)13-27-18-5-1-3-14(9-18)11-24-25-20(26)15-4-2-8-23-12-15/h1-12H,13H2,(H,25,26)/b24-11+. The Morgan fingerprint density at radius 3 is 2.81 bits per heavy atom. The summed E-state index contributed by atoms with van der Waals surface area (Å²) in [5.74, 6) is 0.327. The molecule has 0 bridgehead atoms. The van der Waals surface area contributed by atoms with Gasteiger partial charge in [0.1, 0.15) is 12.4 Å².